The van der Waals surface area contributed by atoms with Gasteiger partial charge in [-0.05, 0) is 48.6 Å². The fourth-order valence-electron chi connectivity index (χ4n) is 4.26. The average molecular weight is 428 g/mol. The van der Waals surface area contributed by atoms with Gasteiger partial charge < -0.3 is 15.0 Å². The van der Waals surface area contributed by atoms with E-state index in [1.807, 2.05) is 21.9 Å². The van der Waals surface area contributed by atoms with Gasteiger partial charge >= 0.3 is 0 Å². The van der Waals surface area contributed by atoms with Crippen molar-refractivity contribution in [2.75, 3.05) is 32.1 Å². The Kier molecular flexibility index (Phi) is 6.25. The number of anilines is 1. The van der Waals surface area contributed by atoms with Crippen molar-refractivity contribution in [1.82, 2.24) is 9.80 Å². The molecule has 6 nitrogen and oxygen atoms in total. The smallest absolute Gasteiger partial charge is 0.240 e. The number of rotatable bonds is 5. The summed E-state index contributed by atoms with van der Waals surface area (Å²) in [6.07, 6.45) is 2.73. The van der Waals surface area contributed by atoms with Gasteiger partial charge in [0.25, 0.3) is 0 Å². The van der Waals surface area contributed by atoms with E-state index in [4.69, 9.17) is 16.3 Å². The van der Waals surface area contributed by atoms with Gasteiger partial charge in [0.1, 0.15) is 5.75 Å². The highest BCUT2D eigenvalue weighted by atomic mass is 35.5. The molecule has 7 heteroatoms. The largest absolute Gasteiger partial charge is 0.495 e. The molecule has 0 spiro atoms. The zero-order chi connectivity index (χ0) is 21.1. The molecule has 1 saturated heterocycles. The number of fused-ring (bicyclic) bond motifs is 1. The molecule has 0 radical (unpaired) electrons. The van der Waals surface area contributed by atoms with Crippen LogP contribution in [0.15, 0.2) is 42.5 Å². The topological polar surface area (TPSA) is 61.9 Å². The molecule has 0 bridgehead atoms. The zero-order valence-electron chi connectivity index (χ0n) is 17.1. The van der Waals surface area contributed by atoms with Crippen molar-refractivity contribution in [1.29, 1.82) is 0 Å². The molecule has 1 N–H and O–H groups in total. The molecule has 1 fully saturated rings. The number of methoxy groups -OCH3 is 1. The second-order valence-corrected chi connectivity index (χ2v) is 8.23. The van der Waals surface area contributed by atoms with Crippen molar-refractivity contribution in [3.05, 3.63) is 58.6 Å². The monoisotopic (exact) mass is 427 g/mol. The third-order valence-electron chi connectivity index (χ3n) is 5.83. The van der Waals surface area contributed by atoms with E-state index in [1.165, 1.54) is 11.1 Å². The van der Waals surface area contributed by atoms with Crippen molar-refractivity contribution >= 4 is 29.1 Å². The SMILES string of the molecule is COc1ccc(NC(=O)CN2Cc3ccccc3C[C@H]2C(=O)N2CCCC2)cc1Cl. The summed E-state index contributed by atoms with van der Waals surface area (Å²) in [7, 11) is 1.55. The maximum atomic E-state index is 13.2. The molecule has 4 rings (SSSR count). The Labute approximate surface area is 181 Å². The molecule has 0 saturated carbocycles. The first kappa shape index (κ1) is 20.7. The minimum absolute atomic E-state index is 0.127. The molecular weight excluding hydrogens is 402 g/mol. The standard InChI is InChI=1S/C23H26ClN3O3/c1-30-21-9-8-18(13-19(21)24)25-22(28)15-27-14-17-7-3-2-6-16(17)12-20(27)23(29)26-10-4-5-11-26/h2-3,6-9,13,20H,4-5,10-12,14-15H2,1H3,(H,25,28)/t20-/m0/s1. The van der Waals surface area contributed by atoms with Crippen LogP contribution in [0.4, 0.5) is 5.69 Å². The van der Waals surface area contributed by atoms with Gasteiger partial charge in [0.05, 0.1) is 24.7 Å². The van der Waals surface area contributed by atoms with Crippen molar-refractivity contribution in [2.24, 2.45) is 0 Å². The van der Waals surface area contributed by atoms with Gasteiger partial charge in [-0.15, -0.1) is 0 Å². The summed E-state index contributed by atoms with van der Waals surface area (Å²) in [6, 6.07) is 13.0. The third-order valence-corrected chi connectivity index (χ3v) is 6.13. The number of carbonyl (C=O) groups is 2. The third kappa shape index (κ3) is 4.45. The van der Waals surface area contributed by atoms with E-state index in [-0.39, 0.29) is 24.4 Å². The van der Waals surface area contributed by atoms with Crippen molar-refractivity contribution < 1.29 is 14.3 Å². The Morgan fingerprint density at radius 3 is 2.57 bits per heavy atom. The Morgan fingerprint density at radius 2 is 1.87 bits per heavy atom. The fourth-order valence-corrected chi connectivity index (χ4v) is 4.52. The summed E-state index contributed by atoms with van der Waals surface area (Å²) in [5.41, 5.74) is 2.96. The molecule has 158 valence electrons. The summed E-state index contributed by atoms with van der Waals surface area (Å²) in [5, 5.41) is 3.32. The van der Waals surface area contributed by atoms with Gasteiger partial charge in [-0.2, -0.15) is 0 Å². The second-order valence-electron chi connectivity index (χ2n) is 7.82. The summed E-state index contributed by atoms with van der Waals surface area (Å²) in [5.74, 6) is 0.510. The molecule has 2 amide bonds. The molecule has 2 aromatic carbocycles. The van der Waals surface area contributed by atoms with Crippen LogP contribution in [0.1, 0.15) is 24.0 Å². The Hall–Kier alpha value is -2.57. The highest BCUT2D eigenvalue weighted by molar-refractivity contribution is 6.32. The molecule has 2 aliphatic rings. The first-order valence-corrected chi connectivity index (χ1v) is 10.7. The lowest BCUT2D eigenvalue weighted by Gasteiger charge is -2.37. The van der Waals surface area contributed by atoms with E-state index < -0.39 is 0 Å². The molecule has 2 heterocycles. The predicted molar refractivity (Wildman–Crippen MR) is 117 cm³/mol. The minimum atomic E-state index is -0.316. The summed E-state index contributed by atoms with van der Waals surface area (Å²) in [4.78, 5) is 29.9. The van der Waals surface area contributed by atoms with Crippen LogP contribution in [-0.2, 0) is 22.6 Å². The minimum Gasteiger partial charge on any atom is -0.495 e. The molecule has 0 unspecified atom stereocenters. The molecule has 0 aromatic heterocycles. The van der Waals surface area contributed by atoms with Gasteiger partial charge in [0, 0.05) is 25.3 Å². The average Bonchev–Trinajstić information content (AvgIpc) is 3.28. The number of amides is 2. The molecule has 30 heavy (non-hydrogen) atoms. The Bertz CT molecular complexity index is 943. The quantitative estimate of drug-likeness (QED) is 0.795. The van der Waals surface area contributed by atoms with Gasteiger partial charge in [0.15, 0.2) is 0 Å². The lowest BCUT2D eigenvalue weighted by molar-refractivity contribution is -0.137. The summed E-state index contributed by atoms with van der Waals surface area (Å²) < 4.78 is 5.15. The van der Waals surface area contributed by atoms with Crippen molar-refractivity contribution in [3.8, 4) is 5.75 Å². The highest BCUT2D eigenvalue weighted by Crippen LogP contribution is 2.28. The van der Waals surface area contributed by atoms with Crippen LogP contribution in [0, 0.1) is 0 Å². The number of benzene rings is 2. The van der Waals surface area contributed by atoms with Crippen LogP contribution in [0.3, 0.4) is 0 Å². The number of nitrogens with zero attached hydrogens (tertiary/aromatic N) is 2. The van der Waals surface area contributed by atoms with E-state index >= 15 is 0 Å². The first-order chi connectivity index (χ1) is 14.5. The fraction of sp³-hybridized carbons (Fsp3) is 0.391. The van der Waals surface area contributed by atoms with Crippen LogP contribution >= 0.6 is 11.6 Å². The summed E-state index contributed by atoms with van der Waals surface area (Å²) >= 11 is 6.16. The van der Waals surface area contributed by atoms with E-state index in [0.29, 0.717) is 29.4 Å². The lowest BCUT2D eigenvalue weighted by atomic mass is 9.93. The number of hydrogen-bond acceptors (Lipinski definition) is 4. The maximum Gasteiger partial charge on any atom is 0.240 e. The first-order valence-electron chi connectivity index (χ1n) is 10.3. The number of carbonyl (C=O) groups excluding carboxylic acids is 2. The normalized spacial score (nSPS) is 18.7. The molecule has 1 atom stereocenters. The van der Waals surface area contributed by atoms with Gasteiger partial charge in [-0.25, -0.2) is 0 Å². The zero-order valence-corrected chi connectivity index (χ0v) is 17.8. The van der Waals surface area contributed by atoms with E-state index in [1.54, 1.807) is 25.3 Å². The van der Waals surface area contributed by atoms with Crippen LogP contribution < -0.4 is 10.1 Å². The van der Waals surface area contributed by atoms with E-state index in [9.17, 15) is 9.59 Å². The van der Waals surface area contributed by atoms with Gasteiger partial charge in [0.2, 0.25) is 11.8 Å². The molecule has 0 aliphatic carbocycles. The van der Waals surface area contributed by atoms with Crippen molar-refractivity contribution in [2.45, 2.75) is 31.8 Å². The van der Waals surface area contributed by atoms with Crippen LogP contribution in [0.2, 0.25) is 5.02 Å². The molecule has 2 aliphatic heterocycles. The number of likely N-dealkylation sites (tertiary alicyclic amines) is 1. The highest BCUT2D eigenvalue weighted by Gasteiger charge is 2.35. The number of hydrogen-bond donors (Lipinski definition) is 1. The number of halogens is 1. The lowest BCUT2D eigenvalue weighted by Crippen LogP contribution is -2.52. The number of ether oxygens (including phenoxy) is 1. The molecular formula is C23H26ClN3O3. The van der Waals surface area contributed by atoms with Crippen LogP contribution in [-0.4, -0.2) is 54.4 Å². The van der Waals surface area contributed by atoms with Gasteiger partial charge in [-0.1, -0.05) is 35.9 Å². The summed E-state index contributed by atoms with van der Waals surface area (Å²) in [6.45, 7) is 2.34. The Balaban J connectivity index is 1.50. The predicted octanol–water partition coefficient (Wildman–Crippen LogP) is 3.34. The van der Waals surface area contributed by atoms with Crippen LogP contribution in [0.25, 0.3) is 0 Å². The number of nitrogens with one attached hydrogen (secondary N) is 1. The van der Waals surface area contributed by atoms with Crippen LogP contribution in [0.5, 0.6) is 5.75 Å². The van der Waals surface area contributed by atoms with E-state index in [2.05, 4.69) is 17.4 Å². The van der Waals surface area contributed by atoms with Crippen molar-refractivity contribution in [3.63, 3.8) is 0 Å². The molecule has 2 aromatic rings. The van der Waals surface area contributed by atoms with Gasteiger partial charge in [-0.3, -0.25) is 14.5 Å². The van der Waals surface area contributed by atoms with E-state index in [0.717, 1.165) is 25.9 Å². The Morgan fingerprint density at radius 1 is 1.13 bits per heavy atom. The maximum absolute atomic E-state index is 13.2. The second kappa shape index (κ2) is 9.06.